The fourth-order valence-electron chi connectivity index (χ4n) is 3.00. The third kappa shape index (κ3) is 7.01. The van der Waals surface area contributed by atoms with Crippen molar-refractivity contribution in [3.63, 3.8) is 0 Å². The molecule has 0 spiro atoms. The van der Waals surface area contributed by atoms with Crippen molar-refractivity contribution in [3.05, 3.63) is 59.1 Å². The van der Waals surface area contributed by atoms with Gasteiger partial charge in [0.05, 0.1) is 4.90 Å². The van der Waals surface area contributed by atoms with Crippen LogP contribution in [0.25, 0.3) is 0 Å². The number of sulfonamides is 1. The lowest BCUT2D eigenvalue weighted by Crippen LogP contribution is -2.32. The highest BCUT2D eigenvalue weighted by atomic mass is 35.5. The van der Waals surface area contributed by atoms with Crippen LogP contribution in [0.15, 0.2) is 53.4 Å². The lowest BCUT2D eigenvalue weighted by atomic mass is 10.2. The van der Waals surface area contributed by atoms with Crippen LogP contribution in [0, 0.1) is 0 Å². The van der Waals surface area contributed by atoms with Crippen LogP contribution in [0.5, 0.6) is 0 Å². The molecule has 0 radical (unpaired) electrons. The zero-order valence-corrected chi connectivity index (χ0v) is 18.3. The number of nitrogens with zero attached hydrogens (tertiary/aromatic N) is 1. The molecule has 2 N–H and O–H groups in total. The quantitative estimate of drug-likeness (QED) is 0.641. The van der Waals surface area contributed by atoms with Crippen molar-refractivity contribution < 1.29 is 13.2 Å². The molecule has 0 aromatic heterocycles. The number of amides is 1. The van der Waals surface area contributed by atoms with Crippen molar-refractivity contribution in [2.45, 2.75) is 17.9 Å². The molecule has 0 aliphatic carbocycles. The number of carbonyl (C=O) groups excluding carboxylic acids is 1. The molecule has 9 heteroatoms. The molecule has 0 unspecified atom stereocenters. The fourth-order valence-corrected chi connectivity index (χ4v) is 5.32. The highest BCUT2D eigenvalue weighted by Gasteiger charge is 2.15. The summed E-state index contributed by atoms with van der Waals surface area (Å²) in [7, 11) is -3.70. The Morgan fingerprint density at radius 1 is 1.10 bits per heavy atom. The minimum Gasteiger partial charge on any atom is -0.326 e. The van der Waals surface area contributed by atoms with Crippen molar-refractivity contribution in [3.8, 4) is 0 Å². The Morgan fingerprint density at radius 3 is 2.62 bits per heavy atom. The van der Waals surface area contributed by atoms with Gasteiger partial charge in [-0.05, 0) is 35.9 Å². The predicted molar refractivity (Wildman–Crippen MR) is 119 cm³/mol. The number of halogens is 1. The van der Waals surface area contributed by atoms with E-state index < -0.39 is 10.0 Å². The first kappa shape index (κ1) is 22.1. The van der Waals surface area contributed by atoms with Crippen LogP contribution >= 0.6 is 23.4 Å². The predicted octanol–water partition coefficient (Wildman–Crippen LogP) is 3.20. The first-order valence-corrected chi connectivity index (χ1v) is 12.4. The number of carbonyl (C=O) groups is 1. The molecule has 3 rings (SSSR count). The molecular formula is C20H24ClN3O3S2. The molecule has 1 saturated heterocycles. The average molecular weight is 454 g/mol. The van der Waals surface area contributed by atoms with Gasteiger partial charge in [0.15, 0.2) is 0 Å². The molecular weight excluding hydrogens is 430 g/mol. The summed E-state index contributed by atoms with van der Waals surface area (Å²) in [4.78, 5) is 14.7. The standard InChI is InChI=1S/C20H24ClN3O3S2/c21-17-4-2-6-19(14-17)29(26,27)22-8-7-20(25)23-18-5-1-3-16(13-18)15-24-9-11-28-12-10-24/h1-6,13-14,22H,7-12,15H2,(H,23,25). The Balaban J connectivity index is 1.48. The average Bonchev–Trinajstić information content (AvgIpc) is 2.69. The minimum atomic E-state index is -3.70. The van der Waals surface area contributed by atoms with E-state index in [1.165, 1.54) is 12.1 Å². The summed E-state index contributed by atoms with van der Waals surface area (Å²) >= 11 is 7.81. The van der Waals surface area contributed by atoms with Crippen molar-refractivity contribution in [1.29, 1.82) is 0 Å². The van der Waals surface area contributed by atoms with E-state index in [2.05, 4.69) is 21.0 Å². The number of thioether (sulfide) groups is 1. The molecule has 6 nitrogen and oxygen atoms in total. The summed E-state index contributed by atoms with van der Waals surface area (Å²) in [5.74, 6) is 2.06. The smallest absolute Gasteiger partial charge is 0.240 e. The van der Waals surface area contributed by atoms with Crippen LogP contribution in [0.1, 0.15) is 12.0 Å². The van der Waals surface area contributed by atoms with Gasteiger partial charge in [0.2, 0.25) is 15.9 Å². The van der Waals surface area contributed by atoms with Crippen molar-refractivity contribution in [2.24, 2.45) is 0 Å². The maximum absolute atomic E-state index is 12.3. The van der Waals surface area contributed by atoms with E-state index in [-0.39, 0.29) is 23.8 Å². The number of benzene rings is 2. The second-order valence-corrected chi connectivity index (χ2v) is 10.2. The summed E-state index contributed by atoms with van der Waals surface area (Å²) in [6, 6.07) is 13.8. The van der Waals surface area contributed by atoms with Gasteiger partial charge >= 0.3 is 0 Å². The van der Waals surface area contributed by atoms with Gasteiger partial charge in [0.25, 0.3) is 0 Å². The Morgan fingerprint density at radius 2 is 1.86 bits per heavy atom. The fraction of sp³-hybridized carbons (Fsp3) is 0.350. The minimum absolute atomic E-state index is 0.00577. The lowest BCUT2D eigenvalue weighted by Gasteiger charge is -2.26. The van der Waals surface area contributed by atoms with Gasteiger partial charge in [-0.15, -0.1) is 0 Å². The third-order valence-electron chi connectivity index (χ3n) is 4.47. The number of anilines is 1. The van der Waals surface area contributed by atoms with Crippen LogP contribution < -0.4 is 10.0 Å². The van der Waals surface area contributed by atoms with E-state index in [4.69, 9.17) is 11.6 Å². The van der Waals surface area contributed by atoms with Crippen LogP contribution in [0.4, 0.5) is 5.69 Å². The molecule has 1 aliphatic rings. The van der Waals surface area contributed by atoms with Gasteiger partial charge in [0, 0.05) is 54.8 Å². The van der Waals surface area contributed by atoms with Crippen molar-refractivity contribution in [1.82, 2.24) is 9.62 Å². The number of hydrogen-bond acceptors (Lipinski definition) is 5. The third-order valence-corrected chi connectivity index (χ3v) is 7.11. The van der Waals surface area contributed by atoms with Gasteiger partial charge in [-0.25, -0.2) is 13.1 Å². The van der Waals surface area contributed by atoms with E-state index in [1.807, 2.05) is 30.0 Å². The molecule has 1 amide bonds. The van der Waals surface area contributed by atoms with Crippen LogP contribution in [0.2, 0.25) is 5.02 Å². The number of nitrogens with one attached hydrogen (secondary N) is 2. The molecule has 29 heavy (non-hydrogen) atoms. The first-order valence-electron chi connectivity index (χ1n) is 9.36. The number of hydrogen-bond donors (Lipinski definition) is 2. The van der Waals surface area contributed by atoms with Crippen molar-refractivity contribution >= 4 is 45.0 Å². The van der Waals surface area contributed by atoms with Crippen LogP contribution in [-0.2, 0) is 21.4 Å². The molecule has 2 aromatic rings. The highest BCUT2D eigenvalue weighted by molar-refractivity contribution is 7.99. The second-order valence-electron chi connectivity index (χ2n) is 6.74. The second kappa shape index (κ2) is 10.4. The Labute approximate surface area is 181 Å². The molecule has 1 aliphatic heterocycles. The maximum atomic E-state index is 12.3. The number of rotatable bonds is 8. The molecule has 1 fully saturated rings. The van der Waals surface area contributed by atoms with Gasteiger partial charge in [-0.1, -0.05) is 29.8 Å². The van der Waals surface area contributed by atoms with Crippen LogP contribution in [-0.4, -0.2) is 50.4 Å². The van der Waals surface area contributed by atoms with Gasteiger partial charge in [0.1, 0.15) is 0 Å². The molecule has 2 aromatic carbocycles. The summed E-state index contributed by atoms with van der Waals surface area (Å²) < 4.78 is 26.9. The Kier molecular flexibility index (Phi) is 7.97. The maximum Gasteiger partial charge on any atom is 0.240 e. The van der Waals surface area contributed by atoms with Gasteiger partial charge in [-0.2, -0.15) is 11.8 Å². The summed E-state index contributed by atoms with van der Waals surface area (Å²) in [5, 5.41) is 3.18. The van der Waals surface area contributed by atoms with E-state index >= 15 is 0 Å². The zero-order chi connectivity index (χ0) is 20.7. The van der Waals surface area contributed by atoms with Crippen molar-refractivity contribution in [2.75, 3.05) is 36.5 Å². The zero-order valence-electron chi connectivity index (χ0n) is 15.9. The molecule has 0 saturated carbocycles. The molecule has 156 valence electrons. The topological polar surface area (TPSA) is 78.5 Å². The summed E-state index contributed by atoms with van der Waals surface area (Å²) in [6.07, 6.45) is 0.0351. The van der Waals surface area contributed by atoms with E-state index in [1.54, 1.807) is 12.1 Å². The molecule has 1 heterocycles. The normalized spacial score (nSPS) is 15.2. The summed E-state index contributed by atoms with van der Waals surface area (Å²) in [5.41, 5.74) is 1.87. The largest absolute Gasteiger partial charge is 0.326 e. The first-order chi connectivity index (χ1) is 13.9. The molecule has 0 bridgehead atoms. The summed E-state index contributed by atoms with van der Waals surface area (Å²) in [6.45, 7) is 3.03. The molecule has 0 atom stereocenters. The van der Waals surface area contributed by atoms with E-state index in [0.717, 1.165) is 42.4 Å². The van der Waals surface area contributed by atoms with Gasteiger partial charge in [-0.3, -0.25) is 9.69 Å². The highest BCUT2D eigenvalue weighted by Crippen LogP contribution is 2.17. The SMILES string of the molecule is O=C(CCNS(=O)(=O)c1cccc(Cl)c1)Nc1cccc(CN2CCSCC2)c1. The van der Waals surface area contributed by atoms with E-state index in [9.17, 15) is 13.2 Å². The van der Waals surface area contributed by atoms with E-state index in [0.29, 0.717) is 5.02 Å². The Hall–Kier alpha value is -1.58. The van der Waals surface area contributed by atoms with Crippen LogP contribution in [0.3, 0.4) is 0 Å². The monoisotopic (exact) mass is 453 g/mol. The Bertz CT molecular complexity index is 947. The lowest BCUT2D eigenvalue weighted by molar-refractivity contribution is -0.116. The van der Waals surface area contributed by atoms with Gasteiger partial charge < -0.3 is 5.32 Å².